The number of aryl methyl sites for hydroxylation is 2. The van der Waals surface area contributed by atoms with Gasteiger partial charge in [-0.05, 0) is 114 Å². The van der Waals surface area contributed by atoms with Gasteiger partial charge < -0.3 is 18.9 Å². The number of rotatable bonds is 7. The highest BCUT2D eigenvalue weighted by molar-refractivity contribution is 6.02. The lowest BCUT2D eigenvalue weighted by Crippen LogP contribution is -2.35. The van der Waals surface area contributed by atoms with Crippen LogP contribution >= 0.6 is 0 Å². The summed E-state index contributed by atoms with van der Waals surface area (Å²) < 4.78 is 33.1. The second-order valence-electron chi connectivity index (χ2n) is 15.4. The van der Waals surface area contributed by atoms with Crippen LogP contribution in [0.15, 0.2) is 36.4 Å². The minimum atomic E-state index is -1.53. The Labute approximate surface area is 298 Å². The highest BCUT2D eigenvalue weighted by Crippen LogP contribution is 2.32. The molecule has 0 amide bonds. The Bertz CT molecular complexity index is 1520. The van der Waals surface area contributed by atoms with Crippen LogP contribution in [-0.4, -0.2) is 56.1 Å². The van der Waals surface area contributed by atoms with Gasteiger partial charge in [-0.15, -0.1) is 0 Å². The first-order valence-corrected chi connectivity index (χ1v) is 15.9. The number of carbonyl (C=O) groups is 4. The van der Waals surface area contributed by atoms with Gasteiger partial charge in [0.1, 0.15) is 28.8 Å². The van der Waals surface area contributed by atoms with E-state index in [4.69, 9.17) is 18.9 Å². The van der Waals surface area contributed by atoms with Crippen molar-refractivity contribution in [3.8, 4) is 0 Å². The van der Waals surface area contributed by atoms with Crippen molar-refractivity contribution < 1.29 is 52.4 Å². The fourth-order valence-electron chi connectivity index (χ4n) is 3.76. The Balaban J connectivity index is 0.000000813. The van der Waals surface area contributed by atoms with E-state index >= 15 is 0 Å². The molecule has 0 atom stereocenters. The maximum Gasteiger partial charge on any atom is 0.325 e. The first-order chi connectivity index (χ1) is 22.8. The van der Waals surface area contributed by atoms with Crippen molar-refractivity contribution in [3.05, 3.63) is 79.1 Å². The Kier molecular flexibility index (Phi) is 16.6. The van der Waals surface area contributed by atoms with E-state index in [0.717, 1.165) is 6.07 Å². The molecule has 0 heterocycles. The maximum absolute atomic E-state index is 12.6. The minimum absolute atomic E-state index is 0.0425. The van der Waals surface area contributed by atoms with Crippen molar-refractivity contribution in [1.29, 1.82) is 0 Å². The third kappa shape index (κ3) is 19.7. The van der Waals surface area contributed by atoms with Gasteiger partial charge in [0, 0.05) is 12.1 Å². The maximum atomic E-state index is 12.6. The molecule has 2 aromatic rings. The predicted octanol–water partition coefficient (Wildman–Crippen LogP) is 7.77. The van der Waals surface area contributed by atoms with E-state index in [9.17, 15) is 43.8 Å². The molecule has 14 nitrogen and oxygen atoms in total. The van der Waals surface area contributed by atoms with Crippen LogP contribution in [-0.2, 0) is 38.1 Å². The molecule has 15 heteroatoms. The Morgan fingerprint density at radius 3 is 1.25 bits per heavy atom. The van der Waals surface area contributed by atoms with Crippen LogP contribution in [0.4, 0.5) is 15.8 Å². The summed E-state index contributed by atoms with van der Waals surface area (Å²) in [7, 11) is 0. The number of hydrogen-bond acceptors (Lipinski definition) is 12. The normalized spacial score (nSPS) is 11.5. The molecule has 0 unspecified atom stereocenters. The molecule has 0 fully saturated rings. The zero-order chi connectivity index (χ0) is 40.3. The second kappa shape index (κ2) is 18.3. The van der Waals surface area contributed by atoms with E-state index in [1.807, 2.05) is 0 Å². The molecule has 0 aromatic heterocycles. The van der Waals surface area contributed by atoms with Gasteiger partial charge in [-0.2, -0.15) is 4.39 Å². The standard InChI is InChI=1S/C18H25NO6.C11H20O4.C7H6FNO2/c1-11-8-9-12(13(10-11)19(22)23)14(15(20)24-17(2,3)4)16(21)25-18(5,6)7;1-10(2,3)14-8(12)7-9(13)15-11(4,5)6;1-5-2-3-6(8)7(4-5)9(10)11/h8-10,14H,1-7H3;7H2,1-6H3;2-4H,1H3. The van der Waals surface area contributed by atoms with Crippen LogP contribution < -0.4 is 0 Å². The van der Waals surface area contributed by atoms with E-state index in [1.54, 1.807) is 103 Å². The van der Waals surface area contributed by atoms with Gasteiger partial charge >= 0.3 is 29.6 Å². The van der Waals surface area contributed by atoms with Gasteiger partial charge in [0.05, 0.1) is 15.4 Å². The lowest BCUT2D eigenvalue weighted by molar-refractivity contribution is -0.387. The summed E-state index contributed by atoms with van der Waals surface area (Å²) in [6.45, 7) is 23.8. The summed E-state index contributed by atoms with van der Waals surface area (Å²) >= 11 is 0. The number of hydrogen-bond donors (Lipinski definition) is 0. The van der Waals surface area contributed by atoms with E-state index in [-0.39, 0.29) is 17.7 Å². The SMILES string of the molecule is CC(C)(C)OC(=O)CC(=O)OC(C)(C)C.Cc1ccc(C(C(=O)OC(C)(C)C)C(=O)OC(C)(C)C)c([N+](=O)[O-])c1.Cc1ccc(F)c([N+](=O)[O-])c1. The number of halogens is 1. The van der Waals surface area contributed by atoms with E-state index in [2.05, 4.69) is 0 Å². The van der Waals surface area contributed by atoms with Crippen LogP contribution in [0.5, 0.6) is 0 Å². The first-order valence-electron chi connectivity index (χ1n) is 15.9. The average molecular weight is 723 g/mol. The van der Waals surface area contributed by atoms with Crippen molar-refractivity contribution in [1.82, 2.24) is 0 Å². The zero-order valence-electron chi connectivity index (χ0n) is 31.9. The van der Waals surface area contributed by atoms with Crippen molar-refractivity contribution in [3.63, 3.8) is 0 Å². The predicted molar refractivity (Wildman–Crippen MR) is 186 cm³/mol. The van der Waals surface area contributed by atoms with E-state index in [0.29, 0.717) is 11.1 Å². The van der Waals surface area contributed by atoms with Gasteiger partial charge in [0.2, 0.25) is 5.82 Å². The Hall–Kier alpha value is -4.95. The van der Waals surface area contributed by atoms with Gasteiger partial charge in [0.25, 0.3) is 5.69 Å². The monoisotopic (exact) mass is 722 g/mol. The Morgan fingerprint density at radius 1 is 0.608 bits per heavy atom. The van der Waals surface area contributed by atoms with Crippen LogP contribution in [0.1, 0.15) is 112 Å². The number of carbonyl (C=O) groups excluding carboxylic acids is 4. The van der Waals surface area contributed by atoms with Crippen molar-refractivity contribution in [2.75, 3.05) is 0 Å². The van der Waals surface area contributed by atoms with Crippen molar-refractivity contribution >= 4 is 35.3 Å². The van der Waals surface area contributed by atoms with Gasteiger partial charge in [-0.3, -0.25) is 39.4 Å². The molecule has 2 aromatic carbocycles. The molecule has 0 saturated heterocycles. The second-order valence-corrected chi connectivity index (χ2v) is 15.4. The fourth-order valence-corrected chi connectivity index (χ4v) is 3.76. The summed E-state index contributed by atoms with van der Waals surface area (Å²) in [6.07, 6.45) is -0.339. The fraction of sp³-hybridized carbons (Fsp3) is 0.556. The summed E-state index contributed by atoms with van der Waals surface area (Å²) in [5.41, 5.74) is -2.35. The third-order valence-corrected chi connectivity index (χ3v) is 5.41. The molecule has 0 aliphatic rings. The number of ether oxygens (including phenoxy) is 4. The van der Waals surface area contributed by atoms with Crippen molar-refractivity contribution in [2.45, 2.75) is 132 Å². The minimum Gasteiger partial charge on any atom is -0.460 e. The summed E-state index contributed by atoms with van der Waals surface area (Å²) in [5.74, 6) is -5.20. The molecule has 0 saturated carbocycles. The van der Waals surface area contributed by atoms with Crippen LogP contribution in [0.25, 0.3) is 0 Å². The topological polar surface area (TPSA) is 191 Å². The van der Waals surface area contributed by atoms with Crippen LogP contribution in [0, 0.1) is 39.9 Å². The van der Waals surface area contributed by atoms with Crippen molar-refractivity contribution in [2.24, 2.45) is 0 Å². The van der Waals surface area contributed by atoms with Crippen LogP contribution in [0.3, 0.4) is 0 Å². The van der Waals surface area contributed by atoms with E-state index < -0.39 is 73.6 Å². The molecule has 51 heavy (non-hydrogen) atoms. The molecule has 0 aliphatic carbocycles. The molecular weight excluding hydrogens is 671 g/mol. The van der Waals surface area contributed by atoms with Gasteiger partial charge in [0.15, 0.2) is 5.92 Å². The number of nitro groups is 2. The number of nitro benzene ring substituents is 2. The number of benzene rings is 2. The summed E-state index contributed by atoms with van der Waals surface area (Å²) in [5, 5.41) is 21.5. The smallest absolute Gasteiger partial charge is 0.325 e. The molecule has 0 bridgehead atoms. The van der Waals surface area contributed by atoms with Gasteiger partial charge in [-0.1, -0.05) is 18.2 Å². The first kappa shape index (κ1) is 46.0. The number of esters is 4. The summed E-state index contributed by atoms with van der Waals surface area (Å²) in [6, 6.07) is 8.10. The molecule has 0 N–H and O–H groups in total. The molecule has 2 rings (SSSR count). The lowest BCUT2D eigenvalue weighted by Gasteiger charge is -2.26. The highest BCUT2D eigenvalue weighted by atomic mass is 19.1. The largest absolute Gasteiger partial charge is 0.460 e. The highest BCUT2D eigenvalue weighted by Gasteiger charge is 2.40. The molecule has 0 aliphatic heterocycles. The summed E-state index contributed by atoms with van der Waals surface area (Å²) in [4.78, 5) is 67.8. The Morgan fingerprint density at radius 2 is 0.941 bits per heavy atom. The third-order valence-electron chi connectivity index (χ3n) is 5.41. The number of nitrogens with zero attached hydrogens (tertiary/aromatic N) is 2. The lowest BCUT2D eigenvalue weighted by atomic mass is 9.95. The molecule has 284 valence electrons. The molecular formula is C36H51FN2O12. The molecule has 0 radical (unpaired) electrons. The quantitative estimate of drug-likeness (QED) is 0.0888. The van der Waals surface area contributed by atoms with E-state index in [1.165, 1.54) is 24.3 Å². The molecule has 0 spiro atoms. The van der Waals surface area contributed by atoms with Crippen LogP contribution in [0.2, 0.25) is 0 Å². The zero-order valence-corrected chi connectivity index (χ0v) is 31.9. The average Bonchev–Trinajstić information content (AvgIpc) is 2.87. The van der Waals surface area contributed by atoms with Gasteiger partial charge in [-0.25, -0.2) is 0 Å².